The average Bonchev–Trinajstić information content (AvgIpc) is 2.14. The maximum Gasteiger partial charge on any atom is 0.416 e. The van der Waals surface area contributed by atoms with E-state index >= 15 is 0 Å². The highest BCUT2D eigenvalue weighted by molar-refractivity contribution is 6.51. The monoisotopic (exact) mass is 274 g/mol. The van der Waals surface area contributed by atoms with Crippen LogP contribution in [0.2, 0.25) is 0 Å². The number of benzene rings is 1. The second-order valence-corrected chi connectivity index (χ2v) is 5.22. The molecule has 0 radical (unpaired) electrons. The molecule has 0 spiro atoms. The van der Waals surface area contributed by atoms with Gasteiger partial charge < -0.3 is 4.43 Å². The minimum absolute atomic E-state index is 0.673. The van der Waals surface area contributed by atoms with Crippen molar-refractivity contribution in [3.63, 3.8) is 0 Å². The zero-order valence-electron chi connectivity index (χ0n) is 7.39. The maximum absolute atomic E-state index is 12.2. The summed E-state index contributed by atoms with van der Waals surface area (Å²) in [4.78, 5) is 0. The smallest absolute Gasteiger partial charge is 0.391 e. The van der Waals surface area contributed by atoms with Gasteiger partial charge >= 0.3 is 6.18 Å². The summed E-state index contributed by atoms with van der Waals surface area (Å²) >= 11 is 10.7. The van der Waals surface area contributed by atoms with Crippen molar-refractivity contribution in [2.24, 2.45) is 0 Å². The van der Waals surface area contributed by atoms with E-state index in [9.17, 15) is 13.2 Å². The molecule has 0 saturated carbocycles. The van der Waals surface area contributed by atoms with Crippen molar-refractivity contribution in [2.45, 2.75) is 11.2 Å². The van der Waals surface area contributed by atoms with Crippen molar-refractivity contribution in [1.82, 2.24) is 0 Å². The fourth-order valence-electron chi connectivity index (χ4n) is 0.949. The van der Waals surface area contributed by atoms with Crippen molar-refractivity contribution < 1.29 is 17.6 Å². The van der Waals surface area contributed by atoms with Gasteiger partial charge in [-0.2, -0.15) is 13.2 Å². The molecule has 1 nitrogen and oxygen atoms in total. The van der Waals surface area contributed by atoms with Crippen LogP contribution < -0.4 is 5.19 Å². The Morgan fingerprint density at radius 1 is 1.13 bits per heavy atom. The Labute approximate surface area is 97.1 Å². The SMILES string of the molecule is FC(F)(F)c1ccc([SiH2]OC(Cl)Cl)cc1. The van der Waals surface area contributed by atoms with Crippen molar-refractivity contribution in [1.29, 1.82) is 0 Å². The molecule has 1 aromatic rings. The summed E-state index contributed by atoms with van der Waals surface area (Å²) in [5.41, 5.74) is -0.673. The molecule has 0 fully saturated rings. The Kier molecular flexibility index (Phi) is 4.45. The van der Waals surface area contributed by atoms with E-state index in [-0.39, 0.29) is 0 Å². The molecule has 15 heavy (non-hydrogen) atoms. The summed E-state index contributed by atoms with van der Waals surface area (Å²) in [6.07, 6.45) is -4.30. The first-order valence-electron chi connectivity index (χ1n) is 3.95. The molecule has 0 aromatic heterocycles. The fraction of sp³-hybridized carbons (Fsp3) is 0.250. The van der Waals surface area contributed by atoms with Crippen LogP contribution in [0.5, 0.6) is 0 Å². The van der Waals surface area contributed by atoms with Crippen LogP contribution in [-0.4, -0.2) is 14.8 Å². The largest absolute Gasteiger partial charge is 0.416 e. The van der Waals surface area contributed by atoms with Crippen LogP contribution in [0, 0.1) is 0 Å². The molecule has 7 heteroatoms. The fourth-order valence-corrected chi connectivity index (χ4v) is 2.07. The van der Waals surface area contributed by atoms with Crippen LogP contribution >= 0.6 is 23.2 Å². The van der Waals surface area contributed by atoms with E-state index in [2.05, 4.69) is 0 Å². The summed E-state index contributed by atoms with van der Waals surface area (Å²) in [5.74, 6) is 0. The molecule has 84 valence electrons. The number of hydrogen-bond acceptors (Lipinski definition) is 1. The van der Waals surface area contributed by atoms with Crippen LogP contribution in [0.1, 0.15) is 5.56 Å². The molecule has 1 rings (SSSR count). The number of hydrogen-bond donors (Lipinski definition) is 0. The van der Waals surface area contributed by atoms with Crippen molar-refractivity contribution in [2.75, 3.05) is 0 Å². The van der Waals surface area contributed by atoms with E-state index in [0.717, 1.165) is 12.1 Å². The van der Waals surface area contributed by atoms with E-state index in [1.165, 1.54) is 12.1 Å². The lowest BCUT2D eigenvalue weighted by molar-refractivity contribution is -0.137. The lowest BCUT2D eigenvalue weighted by Crippen LogP contribution is -2.19. The molecule has 0 N–H and O–H groups in total. The predicted molar refractivity (Wildman–Crippen MR) is 56.2 cm³/mol. The minimum atomic E-state index is -4.30. The highest BCUT2D eigenvalue weighted by Gasteiger charge is 2.29. The summed E-state index contributed by atoms with van der Waals surface area (Å²) in [5, 5.41) is -0.201. The van der Waals surface area contributed by atoms with Gasteiger partial charge in [0.1, 0.15) is 0 Å². The third-order valence-electron chi connectivity index (χ3n) is 1.66. The zero-order valence-corrected chi connectivity index (χ0v) is 10.3. The average molecular weight is 275 g/mol. The van der Waals surface area contributed by atoms with Gasteiger partial charge in [-0.15, -0.1) is 0 Å². The van der Waals surface area contributed by atoms with Crippen molar-refractivity contribution in [3.8, 4) is 0 Å². The molecule has 0 heterocycles. The Morgan fingerprint density at radius 2 is 1.67 bits per heavy atom. The maximum atomic E-state index is 12.2. The highest BCUT2D eigenvalue weighted by atomic mass is 35.5. The lowest BCUT2D eigenvalue weighted by atomic mass is 10.2. The molecule has 0 saturated heterocycles. The number of halogens is 5. The summed E-state index contributed by atoms with van der Waals surface area (Å²) in [6, 6.07) is 4.79. The molecule has 0 amide bonds. The van der Waals surface area contributed by atoms with E-state index in [4.69, 9.17) is 27.6 Å². The van der Waals surface area contributed by atoms with Crippen LogP contribution in [0.15, 0.2) is 24.3 Å². The highest BCUT2D eigenvalue weighted by Crippen LogP contribution is 2.28. The quantitative estimate of drug-likeness (QED) is 0.607. The van der Waals surface area contributed by atoms with Crippen LogP contribution in [0.4, 0.5) is 13.2 Å². The molecule has 0 unspecified atom stereocenters. The Morgan fingerprint density at radius 3 is 2.07 bits per heavy atom. The lowest BCUT2D eigenvalue weighted by Gasteiger charge is -2.08. The van der Waals surface area contributed by atoms with Gasteiger partial charge in [-0.1, -0.05) is 47.5 Å². The van der Waals surface area contributed by atoms with Gasteiger partial charge in [0.15, 0.2) is 14.8 Å². The second kappa shape index (κ2) is 5.20. The second-order valence-electron chi connectivity index (χ2n) is 2.77. The Hall–Kier alpha value is -0.233. The molecular formula is C8H7Cl2F3OSi. The van der Waals surface area contributed by atoms with Crippen LogP contribution in [-0.2, 0) is 10.6 Å². The molecule has 0 atom stereocenters. The van der Waals surface area contributed by atoms with Gasteiger partial charge in [0, 0.05) is 0 Å². The minimum Gasteiger partial charge on any atom is -0.391 e. The first-order chi connectivity index (χ1) is 6.89. The molecule has 1 aromatic carbocycles. The summed E-state index contributed by atoms with van der Waals surface area (Å²) < 4.78 is 41.5. The number of rotatable bonds is 3. The van der Waals surface area contributed by atoms with Gasteiger partial charge in [-0.05, 0) is 5.19 Å². The molecule has 0 aliphatic rings. The van der Waals surface area contributed by atoms with Gasteiger partial charge in [0.2, 0.25) is 0 Å². The summed E-state index contributed by atoms with van der Waals surface area (Å²) in [7, 11) is -1.15. The van der Waals surface area contributed by atoms with Gasteiger partial charge in [0.25, 0.3) is 0 Å². The number of alkyl halides is 5. The predicted octanol–water partition coefficient (Wildman–Crippen LogP) is 2.19. The van der Waals surface area contributed by atoms with E-state index < -0.39 is 26.5 Å². The first kappa shape index (κ1) is 12.8. The normalized spacial score (nSPS) is 12.9. The first-order valence-corrected chi connectivity index (χ1v) is 6.11. The van der Waals surface area contributed by atoms with Gasteiger partial charge in [-0.25, -0.2) is 0 Å². The third-order valence-corrected chi connectivity index (χ3v) is 3.64. The summed E-state index contributed by atoms with van der Waals surface area (Å²) in [6.45, 7) is 0. The van der Waals surface area contributed by atoms with Gasteiger partial charge in [-0.3, -0.25) is 0 Å². The zero-order chi connectivity index (χ0) is 11.5. The van der Waals surface area contributed by atoms with Crippen LogP contribution in [0.25, 0.3) is 0 Å². The van der Waals surface area contributed by atoms with Crippen molar-refractivity contribution in [3.05, 3.63) is 29.8 Å². The molecule has 0 bridgehead atoms. The Bertz CT molecular complexity index is 313. The van der Waals surface area contributed by atoms with E-state index in [1.54, 1.807) is 0 Å². The molecule has 0 aliphatic heterocycles. The Balaban J connectivity index is 2.65. The standard InChI is InChI=1S/C8H7Cl2F3OSi/c9-7(10)14-15-6-3-1-5(2-4-6)8(11,12)13/h1-4,7H,15H2. The van der Waals surface area contributed by atoms with Crippen molar-refractivity contribution >= 4 is 38.2 Å². The molecule has 0 aliphatic carbocycles. The third kappa shape index (κ3) is 4.42. The topological polar surface area (TPSA) is 9.23 Å². The van der Waals surface area contributed by atoms with E-state index in [0.29, 0.717) is 5.19 Å². The van der Waals surface area contributed by atoms with Crippen LogP contribution in [0.3, 0.4) is 0 Å². The molecular weight excluding hydrogens is 268 g/mol. The van der Waals surface area contributed by atoms with Gasteiger partial charge in [0.05, 0.1) is 5.56 Å². The van der Waals surface area contributed by atoms with E-state index in [1.807, 2.05) is 0 Å².